The first-order chi connectivity index (χ1) is 10.1. The fourth-order valence-electron chi connectivity index (χ4n) is 1.81. The van der Waals surface area contributed by atoms with Crippen molar-refractivity contribution < 1.29 is 14.7 Å². The molecule has 0 aliphatic carbocycles. The minimum Gasteiger partial charge on any atom is -0.497 e. The van der Waals surface area contributed by atoms with Crippen molar-refractivity contribution in [2.45, 2.75) is 13.5 Å². The van der Waals surface area contributed by atoms with Crippen LogP contribution in [0.2, 0.25) is 0 Å². The first kappa shape index (κ1) is 14.6. The molecule has 0 fully saturated rings. The van der Waals surface area contributed by atoms with Crippen molar-refractivity contribution in [2.75, 3.05) is 7.11 Å². The predicted octanol–water partition coefficient (Wildman–Crippen LogP) is 2.07. The summed E-state index contributed by atoms with van der Waals surface area (Å²) in [5, 5.41) is 11.8. The monoisotopic (exact) mass is 287 g/mol. The smallest absolute Gasteiger partial charge is 0.225 e. The molecule has 110 valence electrons. The van der Waals surface area contributed by atoms with E-state index in [2.05, 4.69) is 10.1 Å². The van der Waals surface area contributed by atoms with Gasteiger partial charge in [-0.25, -0.2) is 4.98 Å². The molecule has 1 aromatic carbocycles. The van der Waals surface area contributed by atoms with Crippen molar-refractivity contribution in [3.8, 4) is 11.6 Å². The van der Waals surface area contributed by atoms with Crippen LogP contribution in [0.25, 0.3) is 0 Å². The average molecular weight is 287 g/mol. The highest BCUT2D eigenvalue weighted by Gasteiger charge is 2.11. The molecule has 0 saturated heterocycles. The Hall–Kier alpha value is -2.76. The van der Waals surface area contributed by atoms with Crippen molar-refractivity contribution in [2.24, 2.45) is 10.9 Å². The lowest BCUT2D eigenvalue weighted by atomic mass is 10.2. The van der Waals surface area contributed by atoms with Crippen LogP contribution in [0.15, 0.2) is 41.6 Å². The zero-order valence-corrected chi connectivity index (χ0v) is 11.9. The number of amidine groups is 1. The summed E-state index contributed by atoms with van der Waals surface area (Å²) in [5.41, 5.74) is 7.79. The van der Waals surface area contributed by atoms with E-state index in [9.17, 15) is 0 Å². The molecule has 0 unspecified atom stereocenters. The van der Waals surface area contributed by atoms with Gasteiger partial charge >= 0.3 is 0 Å². The number of ether oxygens (including phenoxy) is 2. The largest absolute Gasteiger partial charge is 0.497 e. The van der Waals surface area contributed by atoms with Crippen LogP contribution in [-0.2, 0) is 6.61 Å². The second-order valence-corrected chi connectivity index (χ2v) is 4.43. The van der Waals surface area contributed by atoms with E-state index in [4.69, 9.17) is 20.4 Å². The molecule has 0 atom stereocenters. The van der Waals surface area contributed by atoms with Gasteiger partial charge in [0.1, 0.15) is 12.4 Å². The molecule has 3 N–H and O–H groups in total. The summed E-state index contributed by atoms with van der Waals surface area (Å²) in [6.07, 6.45) is 0. The highest BCUT2D eigenvalue weighted by atomic mass is 16.5. The molecule has 0 radical (unpaired) electrons. The van der Waals surface area contributed by atoms with Crippen LogP contribution in [0.3, 0.4) is 0 Å². The third kappa shape index (κ3) is 3.62. The van der Waals surface area contributed by atoms with E-state index in [1.54, 1.807) is 19.2 Å². The van der Waals surface area contributed by atoms with Gasteiger partial charge in [-0.2, -0.15) is 0 Å². The number of hydrogen-bond donors (Lipinski definition) is 2. The van der Waals surface area contributed by atoms with E-state index < -0.39 is 0 Å². The third-order valence-corrected chi connectivity index (χ3v) is 2.89. The number of nitrogens with zero attached hydrogens (tertiary/aromatic N) is 2. The first-order valence-corrected chi connectivity index (χ1v) is 6.35. The van der Waals surface area contributed by atoms with Gasteiger partial charge in [0.2, 0.25) is 5.88 Å². The molecule has 1 heterocycles. The van der Waals surface area contributed by atoms with Crippen molar-refractivity contribution in [3.05, 3.63) is 53.2 Å². The molecular formula is C15H17N3O3. The van der Waals surface area contributed by atoms with Gasteiger partial charge in [0.25, 0.3) is 0 Å². The van der Waals surface area contributed by atoms with Crippen LogP contribution in [0.1, 0.15) is 16.8 Å². The molecule has 0 bridgehead atoms. The van der Waals surface area contributed by atoms with Crippen LogP contribution in [0.4, 0.5) is 0 Å². The Labute approximate surface area is 122 Å². The quantitative estimate of drug-likeness (QED) is 0.380. The van der Waals surface area contributed by atoms with E-state index >= 15 is 0 Å². The Balaban J connectivity index is 2.20. The van der Waals surface area contributed by atoms with Gasteiger partial charge in [-0.05, 0) is 36.8 Å². The lowest BCUT2D eigenvalue weighted by Crippen LogP contribution is -2.16. The van der Waals surface area contributed by atoms with Crippen LogP contribution in [-0.4, -0.2) is 23.1 Å². The Morgan fingerprint density at radius 1 is 1.33 bits per heavy atom. The summed E-state index contributed by atoms with van der Waals surface area (Å²) in [4.78, 5) is 4.27. The number of benzene rings is 1. The first-order valence-electron chi connectivity index (χ1n) is 6.35. The van der Waals surface area contributed by atoms with Crippen LogP contribution >= 0.6 is 0 Å². The number of aromatic nitrogens is 1. The van der Waals surface area contributed by atoms with Crippen molar-refractivity contribution in [1.82, 2.24) is 4.98 Å². The van der Waals surface area contributed by atoms with Gasteiger partial charge in [-0.3, -0.25) is 0 Å². The minimum atomic E-state index is -0.0388. The standard InChI is InChI=1S/C15H17N3O3/c1-10-6-7-13(14(16)18-19)15(17-10)21-9-11-4-3-5-12(8-11)20-2/h3-8,19H,9H2,1-2H3,(H2,16,18). The Morgan fingerprint density at radius 2 is 2.14 bits per heavy atom. The molecule has 0 amide bonds. The number of nitrogens with two attached hydrogens (primary N) is 1. The van der Waals surface area contributed by atoms with Crippen LogP contribution in [0.5, 0.6) is 11.6 Å². The molecule has 0 aliphatic rings. The Bertz CT molecular complexity index is 656. The lowest BCUT2D eigenvalue weighted by Gasteiger charge is -2.11. The second-order valence-electron chi connectivity index (χ2n) is 4.43. The minimum absolute atomic E-state index is 0.0388. The van der Waals surface area contributed by atoms with Gasteiger partial charge in [0.05, 0.1) is 12.7 Å². The fraction of sp³-hybridized carbons (Fsp3) is 0.200. The predicted molar refractivity (Wildman–Crippen MR) is 78.8 cm³/mol. The summed E-state index contributed by atoms with van der Waals surface area (Å²) in [6, 6.07) is 11.0. The maximum absolute atomic E-state index is 8.80. The second kappa shape index (κ2) is 6.60. The third-order valence-electron chi connectivity index (χ3n) is 2.89. The van der Waals surface area contributed by atoms with Crippen LogP contribution in [0, 0.1) is 6.92 Å². The molecule has 2 aromatic rings. The highest BCUT2D eigenvalue weighted by Crippen LogP contribution is 2.19. The van der Waals surface area contributed by atoms with Crippen molar-refractivity contribution in [1.29, 1.82) is 0 Å². The highest BCUT2D eigenvalue weighted by molar-refractivity contribution is 5.99. The topological polar surface area (TPSA) is 90.0 Å². The number of rotatable bonds is 5. The summed E-state index contributed by atoms with van der Waals surface area (Å²) in [6.45, 7) is 2.15. The molecule has 0 saturated carbocycles. The van der Waals surface area contributed by atoms with E-state index in [0.717, 1.165) is 17.0 Å². The number of aryl methyl sites for hydroxylation is 1. The van der Waals surface area contributed by atoms with Crippen LogP contribution < -0.4 is 15.2 Å². The Morgan fingerprint density at radius 3 is 2.86 bits per heavy atom. The summed E-state index contributed by atoms with van der Waals surface area (Å²) >= 11 is 0. The van der Waals surface area contributed by atoms with E-state index in [1.807, 2.05) is 31.2 Å². The molecule has 0 spiro atoms. The number of oxime groups is 1. The summed E-state index contributed by atoms with van der Waals surface area (Å²) in [7, 11) is 1.61. The van der Waals surface area contributed by atoms with E-state index in [1.165, 1.54) is 0 Å². The van der Waals surface area contributed by atoms with Gasteiger partial charge in [-0.15, -0.1) is 0 Å². The fourth-order valence-corrected chi connectivity index (χ4v) is 1.81. The zero-order chi connectivity index (χ0) is 15.2. The Kier molecular flexibility index (Phi) is 4.61. The summed E-state index contributed by atoms with van der Waals surface area (Å²) < 4.78 is 10.8. The van der Waals surface area contributed by atoms with Gasteiger partial charge in [0, 0.05) is 5.69 Å². The zero-order valence-electron chi connectivity index (χ0n) is 11.9. The molecule has 2 rings (SSSR count). The normalized spacial score (nSPS) is 11.2. The maximum atomic E-state index is 8.80. The molecule has 6 nitrogen and oxygen atoms in total. The van der Waals surface area contributed by atoms with Gasteiger partial charge in [0.15, 0.2) is 5.84 Å². The van der Waals surface area contributed by atoms with Crippen molar-refractivity contribution >= 4 is 5.84 Å². The van der Waals surface area contributed by atoms with E-state index in [0.29, 0.717) is 18.1 Å². The lowest BCUT2D eigenvalue weighted by molar-refractivity contribution is 0.290. The molecular weight excluding hydrogens is 270 g/mol. The molecule has 0 aliphatic heterocycles. The SMILES string of the molecule is COc1cccc(COc2nc(C)ccc2C(N)=NO)c1. The number of hydrogen-bond acceptors (Lipinski definition) is 5. The molecule has 6 heteroatoms. The molecule has 21 heavy (non-hydrogen) atoms. The van der Waals surface area contributed by atoms with Gasteiger partial charge in [-0.1, -0.05) is 17.3 Å². The molecule has 1 aromatic heterocycles. The number of pyridine rings is 1. The van der Waals surface area contributed by atoms with Crippen molar-refractivity contribution in [3.63, 3.8) is 0 Å². The van der Waals surface area contributed by atoms with E-state index in [-0.39, 0.29) is 5.84 Å². The van der Waals surface area contributed by atoms with Gasteiger partial charge < -0.3 is 20.4 Å². The number of methoxy groups -OCH3 is 1. The maximum Gasteiger partial charge on any atom is 0.225 e. The average Bonchev–Trinajstić information content (AvgIpc) is 2.52. The summed E-state index contributed by atoms with van der Waals surface area (Å²) in [5.74, 6) is 1.04.